The zero-order valence-corrected chi connectivity index (χ0v) is 21.6. The lowest BCUT2D eigenvalue weighted by Crippen LogP contribution is -2.21. The van der Waals surface area contributed by atoms with Gasteiger partial charge in [0.05, 0.1) is 5.36 Å². The summed E-state index contributed by atoms with van der Waals surface area (Å²) in [6.45, 7) is 13.9. The Labute approximate surface area is 207 Å². The summed E-state index contributed by atoms with van der Waals surface area (Å²) in [6, 6.07) is 21.4. The molecule has 1 aliphatic carbocycles. The summed E-state index contributed by atoms with van der Waals surface area (Å²) >= 11 is 0. The third kappa shape index (κ3) is 4.75. The first-order valence-electron chi connectivity index (χ1n) is 12.8. The van der Waals surface area contributed by atoms with Crippen LogP contribution in [0.25, 0.3) is 44.1 Å². The van der Waals surface area contributed by atoms with Crippen LogP contribution >= 0.6 is 0 Å². The number of nitrogens with zero attached hydrogens (tertiary/aromatic N) is 3. The predicted molar refractivity (Wildman–Crippen MR) is 148 cm³/mol. The molecule has 0 unspecified atom stereocenters. The molecule has 0 amide bonds. The van der Waals surface area contributed by atoms with E-state index in [0.29, 0.717) is 5.41 Å². The van der Waals surface area contributed by atoms with Crippen LogP contribution in [0.5, 0.6) is 0 Å². The van der Waals surface area contributed by atoms with Crippen LogP contribution < -0.4 is 10.3 Å². The van der Waals surface area contributed by atoms with E-state index in [1.807, 2.05) is 0 Å². The largest absolute Gasteiger partial charge is 0.453 e. The van der Waals surface area contributed by atoms with Crippen molar-refractivity contribution in [1.82, 2.24) is 4.98 Å². The SMILES string of the molecule is CCN(CC)c1ccc2nc3c4cc5ccccc5cc4c(=NCCCC(C)(C)C)cc-3oc2c1. The zero-order chi connectivity index (χ0) is 24.6. The fraction of sp³-hybridized carbons (Fsp3) is 0.355. The van der Waals surface area contributed by atoms with Crippen molar-refractivity contribution in [3.05, 3.63) is 66.0 Å². The van der Waals surface area contributed by atoms with E-state index >= 15 is 0 Å². The van der Waals surface area contributed by atoms with E-state index in [9.17, 15) is 0 Å². The van der Waals surface area contributed by atoms with Gasteiger partial charge in [-0.25, -0.2) is 4.98 Å². The minimum atomic E-state index is 0.317. The van der Waals surface area contributed by atoms with E-state index in [2.05, 4.69) is 100 Å². The predicted octanol–water partition coefficient (Wildman–Crippen LogP) is 7.81. The van der Waals surface area contributed by atoms with Gasteiger partial charge in [-0.15, -0.1) is 0 Å². The summed E-state index contributed by atoms with van der Waals surface area (Å²) in [5.74, 6) is 0.784. The van der Waals surface area contributed by atoms with Crippen molar-refractivity contribution in [3.63, 3.8) is 0 Å². The third-order valence-electron chi connectivity index (χ3n) is 6.81. The normalized spacial score (nSPS) is 12.9. The van der Waals surface area contributed by atoms with Crippen molar-refractivity contribution in [2.75, 3.05) is 24.5 Å². The van der Waals surface area contributed by atoms with Gasteiger partial charge in [0.2, 0.25) is 0 Å². The van der Waals surface area contributed by atoms with Gasteiger partial charge in [-0.3, -0.25) is 4.99 Å². The van der Waals surface area contributed by atoms with Crippen LogP contribution in [0.1, 0.15) is 47.5 Å². The molecule has 0 N–H and O–H groups in total. The van der Waals surface area contributed by atoms with E-state index in [4.69, 9.17) is 14.4 Å². The smallest absolute Gasteiger partial charge is 0.155 e. The minimum Gasteiger partial charge on any atom is -0.453 e. The first-order chi connectivity index (χ1) is 16.9. The second kappa shape index (κ2) is 9.33. The van der Waals surface area contributed by atoms with Crippen molar-refractivity contribution in [3.8, 4) is 11.5 Å². The minimum absolute atomic E-state index is 0.317. The van der Waals surface area contributed by atoms with Gasteiger partial charge in [-0.1, -0.05) is 45.0 Å². The van der Waals surface area contributed by atoms with Gasteiger partial charge in [-0.2, -0.15) is 0 Å². The van der Waals surface area contributed by atoms with Gasteiger partial charge >= 0.3 is 0 Å². The van der Waals surface area contributed by atoms with Crippen LogP contribution in [0, 0.1) is 5.41 Å². The standard InChI is InChI=1S/C31H35N3O/c1-6-34(7-2)23-13-14-26-28(19-23)35-29-20-27(32-16-10-15-31(3,4)5)24-17-21-11-8-9-12-22(21)18-25(24)30(29)33-26/h8-9,11-14,17-20H,6-7,10,15-16H2,1-5H3. The van der Waals surface area contributed by atoms with Crippen molar-refractivity contribution in [2.45, 2.75) is 47.5 Å². The van der Waals surface area contributed by atoms with Crippen LogP contribution in [0.4, 0.5) is 5.69 Å². The van der Waals surface area contributed by atoms with Gasteiger partial charge < -0.3 is 9.32 Å². The third-order valence-corrected chi connectivity index (χ3v) is 6.81. The van der Waals surface area contributed by atoms with Crippen LogP contribution in [0.3, 0.4) is 0 Å². The highest BCUT2D eigenvalue weighted by Crippen LogP contribution is 2.33. The molecule has 180 valence electrons. The molecular formula is C31H35N3O. The molecule has 0 bridgehead atoms. The maximum Gasteiger partial charge on any atom is 0.155 e. The monoisotopic (exact) mass is 465 g/mol. The molecule has 4 heteroatoms. The maximum atomic E-state index is 6.50. The first-order valence-corrected chi connectivity index (χ1v) is 12.8. The summed E-state index contributed by atoms with van der Waals surface area (Å²) in [7, 11) is 0. The molecule has 1 heterocycles. The molecule has 5 rings (SSSR count). The molecule has 0 atom stereocenters. The van der Waals surface area contributed by atoms with Gasteiger partial charge in [0.15, 0.2) is 11.3 Å². The maximum absolute atomic E-state index is 6.50. The highest BCUT2D eigenvalue weighted by molar-refractivity contribution is 6.04. The Morgan fingerprint density at radius 3 is 2.29 bits per heavy atom. The number of rotatable bonds is 6. The Bertz CT molecular complexity index is 1540. The average Bonchev–Trinajstić information content (AvgIpc) is 2.84. The quantitative estimate of drug-likeness (QED) is 0.146. The lowest BCUT2D eigenvalue weighted by molar-refractivity contribution is 0.368. The molecule has 0 fully saturated rings. The van der Waals surface area contributed by atoms with Crippen molar-refractivity contribution in [1.29, 1.82) is 0 Å². The number of anilines is 1. The van der Waals surface area contributed by atoms with E-state index in [-0.39, 0.29) is 0 Å². The second-order valence-electron chi connectivity index (χ2n) is 10.6. The molecule has 0 aromatic heterocycles. The van der Waals surface area contributed by atoms with Gasteiger partial charge in [0, 0.05) is 48.2 Å². The summed E-state index contributed by atoms with van der Waals surface area (Å²) in [4.78, 5) is 12.5. The van der Waals surface area contributed by atoms with E-state index in [1.165, 1.54) is 10.8 Å². The van der Waals surface area contributed by atoms with Crippen LogP contribution in [-0.2, 0) is 0 Å². The molecule has 0 radical (unpaired) electrons. The molecule has 4 nitrogen and oxygen atoms in total. The zero-order valence-electron chi connectivity index (χ0n) is 21.6. The van der Waals surface area contributed by atoms with Crippen LogP contribution in [0.2, 0.25) is 0 Å². The summed E-state index contributed by atoms with van der Waals surface area (Å²) in [6.07, 6.45) is 2.21. The Balaban J connectivity index is 1.73. The average molecular weight is 466 g/mol. The highest BCUT2D eigenvalue weighted by atomic mass is 16.3. The fourth-order valence-corrected chi connectivity index (χ4v) is 4.89. The van der Waals surface area contributed by atoms with Gasteiger partial charge in [0.1, 0.15) is 11.2 Å². The number of hydrogen-bond acceptors (Lipinski definition) is 4. The second-order valence-corrected chi connectivity index (χ2v) is 10.6. The number of aromatic nitrogens is 1. The van der Waals surface area contributed by atoms with Crippen molar-refractivity contribution in [2.24, 2.45) is 10.4 Å². The Morgan fingerprint density at radius 1 is 0.886 bits per heavy atom. The van der Waals surface area contributed by atoms with Crippen molar-refractivity contribution >= 4 is 38.3 Å². The molecule has 2 aliphatic rings. The van der Waals surface area contributed by atoms with Crippen LogP contribution in [0.15, 0.2) is 70.1 Å². The topological polar surface area (TPSA) is 41.6 Å². The Kier molecular flexibility index (Phi) is 6.22. The number of fused-ring (bicyclic) bond motifs is 5. The molecule has 35 heavy (non-hydrogen) atoms. The van der Waals surface area contributed by atoms with Crippen molar-refractivity contribution < 1.29 is 4.42 Å². The summed E-state index contributed by atoms with van der Waals surface area (Å²) < 4.78 is 6.50. The molecule has 0 saturated heterocycles. The summed E-state index contributed by atoms with van der Waals surface area (Å²) in [5, 5.41) is 5.62. The number of benzene rings is 4. The Hall–Kier alpha value is -3.40. The van der Waals surface area contributed by atoms with E-state index < -0.39 is 0 Å². The lowest BCUT2D eigenvalue weighted by atomic mass is 9.91. The molecule has 3 aromatic carbocycles. The fourth-order valence-electron chi connectivity index (χ4n) is 4.89. The number of hydrogen-bond donors (Lipinski definition) is 0. The van der Waals surface area contributed by atoms with Crippen LogP contribution in [-0.4, -0.2) is 24.6 Å². The van der Waals surface area contributed by atoms with E-state index in [1.54, 1.807) is 0 Å². The first kappa shape index (κ1) is 23.3. The van der Waals surface area contributed by atoms with Gasteiger partial charge in [0.25, 0.3) is 0 Å². The van der Waals surface area contributed by atoms with Gasteiger partial charge in [-0.05, 0) is 67.1 Å². The molecule has 0 saturated carbocycles. The van der Waals surface area contributed by atoms with E-state index in [0.717, 1.165) is 76.8 Å². The molecule has 1 aliphatic heterocycles. The highest BCUT2D eigenvalue weighted by Gasteiger charge is 2.17. The lowest BCUT2D eigenvalue weighted by Gasteiger charge is -2.21. The molecule has 0 spiro atoms. The Morgan fingerprint density at radius 2 is 1.60 bits per heavy atom. The molecular weight excluding hydrogens is 430 g/mol. The molecule has 3 aromatic rings. The summed E-state index contributed by atoms with van der Waals surface area (Å²) in [5.41, 5.74) is 4.05.